The first kappa shape index (κ1) is 13.7. The summed E-state index contributed by atoms with van der Waals surface area (Å²) in [5, 5.41) is 14.1. The highest BCUT2D eigenvalue weighted by Gasteiger charge is 2.19. The number of nitrogens with two attached hydrogens (primary N) is 1. The summed E-state index contributed by atoms with van der Waals surface area (Å²) >= 11 is 1.90. The summed E-state index contributed by atoms with van der Waals surface area (Å²) in [6, 6.07) is 4.26. The molecule has 7 heteroatoms. The number of hydrogen-bond acceptors (Lipinski definition) is 5. The van der Waals surface area contributed by atoms with Crippen LogP contribution in [0.15, 0.2) is 18.2 Å². The van der Waals surface area contributed by atoms with Crippen molar-refractivity contribution in [1.29, 1.82) is 0 Å². The average molecular weight is 281 g/mol. The van der Waals surface area contributed by atoms with E-state index < -0.39 is 10.8 Å². The number of nitrogens with zero attached hydrogens (tertiary/aromatic N) is 1. The van der Waals surface area contributed by atoms with E-state index >= 15 is 0 Å². The molecule has 1 aliphatic heterocycles. The Kier molecular flexibility index (Phi) is 4.26. The molecule has 1 aliphatic rings. The Labute approximate surface area is 114 Å². The highest BCUT2D eigenvalue weighted by atomic mass is 32.2. The first-order valence-electron chi connectivity index (χ1n) is 5.98. The summed E-state index contributed by atoms with van der Waals surface area (Å²) in [4.78, 5) is 21.5. The van der Waals surface area contributed by atoms with Crippen molar-refractivity contribution in [3.05, 3.63) is 33.9 Å². The normalized spacial score (nSPS) is 18.2. The Bertz CT molecular complexity index is 501. The number of nitro benzene ring substituents is 1. The second-order valence-corrected chi connectivity index (χ2v) is 5.61. The minimum absolute atomic E-state index is 0.109. The summed E-state index contributed by atoms with van der Waals surface area (Å²) in [7, 11) is 0. The molecule has 19 heavy (non-hydrogen) atoms. The molecule has 0 bridgehead atoms. The number of carbonyl (C=O) groups is 1. The zero-order valence-electron chi connectivity index (χ0n) is 10.3. The van der Waals surface area contributed by atoms with Crippen LogP contribution in [-0.4, -0.2) is 28.9 Å². The number of hydrogen-bond donors (Lipinski definition) is 2. The van der Waals surface area contributed by atoms with E-state index in [2.05, 4.69) is 5.32 Å². The standard InChI is InChI=1S/C12H15N3O3S/c13-12(16)9-1-2-10(11(5-9)15(17)18)14-6-8-3-4-19-7-8/h1-2,5,8,14H,3-4,6-7H2,(H2,13,16). The minimum Gasteiger partial charge on any atom is -0.379 e. The lowest BCUT2D eigenvalue weighted by atomic mass is 10.1. The smallest absolute Gasteiger partial charge is 0.293 e. The zero-order valence-corrected chi connectivity index (χ0v) is 11.1. The molecule has 0 spiro atoms. The van der Waals surface area contributed by atoms with Crippen molar-refractivity contribution >= 4 is 29.0 Å². The fourth-order valence-electron chi connectivity index (χ4n) is 1.98. The molecule has 6 nitrogen and oxygen atoms in total. The predicted octanol–water partition coefficient (Wildman–Crippen LogP) is 1.86. The van der Waals surface area contributed by atoms with E-state index in [-0.39, 0.29) is 11.3 Å². The van der Waals surface area contributed by atoms with Gasteiger partial charge in [0.15, 0.2) is 0 Å². The van der Waals surface area contributed by atoms with E-state index in [1.54, 1.807) is 6.07 Å². The third-order valence-corrected chi connectivity index (χ3v) is 4.32. The molecule has 102 valence electrons. The molecule has 0 saturated carbocycles. The summed E-state index contributed by atoms with van der Waals surface area (Å²) in [5.41, 5.74) is 5.60. The van der Waals surface area contributed by atoms with Crippen molar-refractivity contribution in [3.63, 3.8) is 0 Å². The average Bonchev–Trinajstić information content (AvgIpc) is 2.89. The van der Waals surface area contributed by atoms with Crippen LogP contribution in [-0.2, 0) is 0 Å². The maximum atomic E-state index is 11.0. The number of primary amides is 1. The van der Waals surface area contributed by atoms with Gasteiger partial charge in [0.2, 0.25) is 5.91 Å². The topological polar surface area (TPSA) is 98.3 Å². The predicted molar refractivity (Wildman–Crippen MR) is 75.5 cm³/mol. The number of nitro groups is 1. The van der Waals surface area contributed by atoms with Gasteiger partial charge in [-0.2, -0.15) is 11.8 Å². The molecule has 1 saturated heterocycles. The van der Waals surface area contributed by atoms with Gasteiger partial charge in [-0.3, -0.25) is 14.9 Å². The van der Waals surface area contributed by atoms with Crippen LogP contribution in [0, 0.1) is 16.0 Å². The fraction of sp³-hybridized carbons (Fsp3) is 0.417. The van der Waals surface area contributed by atoms with Crippen LogP contribution in [0.3, 0.4) is 0 Å². The zero-order chi connectivity index (χ0) is 13.8. The Hall–Kier alpha value is -1.76. The third-order valence-electron chi connectivity index (χ3n) is 3.08. The molecule has 2 rings (SSSR count). The molecule has 1 heterocycles. The lowest BCUT2D eigenvalue weighted by Gasteiger charge is -2.11. The minimum atomic E-state index is -0.665. The third kappa shape index (κ3) is 3.37. The van der Waals surface area contributed by atoms with Crippen LogP contribution in [0.4, 0.5) is 11.4 Å². The second-order valence-electron chi connectivity index (χ2n) is 4.46. The highest BCUT2D eigenvalue weighted by molar-refractivity contribution is 7.99. The monoisotopic (exact) mass is 281 g/mol. The molecule has 3 N–H and O–H groups in total. The summed E-state index contributed by atoms with van der Waals surface area (Å²) in [5.74, 6) is 2.11. The van der Waals surface area contributed by atoms with Gasteiger partial charge in [-0.1, -0.05) is 0 Å². The molecule has 1 fully saturated rings. The number of carbonyl (C=O) groups excluding carboxylic acids is 1. The SMILES string of the molecule is NC(=O)c1ccc(NCC2CCSC2)c([N+](=O)[O-])c1. The highest BCUT2D eigenvalue weighted by Crippen LogP contribution is 2.28. The van der Waals surface area contributed by atoms with Crippen LogP contribution in [0.1, 0.15) is 16.8 Å². The van der Waals surface area contributed by atoms with E-state index in [0.717, 1.165) is 17.9 Å². The van der Waals surface area contributed by atoms with E-state index in [9.17, 15) is 14.9 Å². The van der Waals surface area contributed by atoms with E-state index in [4.69, 9.17) is 5.73 Å². The number of benzene rings is 1. The molecule has 0 aromatic heterocycles. The largest absolute Gasteiger partial charge is 0.379 e. The van der Waals surface area contributed by atoms with Gasteiger partial charge in [-0.25, -0.2) is 0 Å². The second kappa shape index (κ2) is 5.92. The van der Waals surface area contributed by atoms with Crippen molar-refractivity contribution in [2.45, 2.75) is 6.42 Å². The van der Waals surface area contributed by atoms with E-state index in [1.807, 2.05) is 11.8 Å². The fourth-order valence-corrected chi connectivity index (χ4v) is 3.27. The van der Waals surface area contributed by atoms with Crippen molar-refractivity contribution in [3.8, 4) is 0 Å². The van der Waals surface area contributed by atoms with Gasteiger partial charge in [0.25, 0.3) is 5.69 Å². The lowest BCUT2D eigenvalue weighted by molar-refractivity contribution is -0.384. The van der Waals surface area contributed by atoms with Crippen molar-refractivity contribution in [1.82, 2.24) is 0 Å². The Morgan fingerprint density at radius 2 is 2.37 bits per heavy atom. The molecule has 1 amide bonds. The number of nitrogens with one attached hydrogen (secondary N) is 1. The quantitative estimate of drug-likeness (QED) is 0.634. The van der Waals surface area contributed by atoms with Gasteiger partial charge >= 0.3 is 0 Å². The van der Waals surface area contributed by atoms with Gasteiger partial charge in [0.05, 0.1) is 4.92 Å². The van der Waals surface area contributed by atoms with Crippen molar-refractivity contribution in [2.75, 3.05) is 23.4 Å². The number of rotatable bonds is 5. The molecule has 1 aromatic rings. The molecular weight excluding hydrogens is 266 g/mol. The molecule has 0 aliphatic carbocycles. The number of amides is 1. The molecule has 0 radical (unpaired) electrons. The molecule has 1 aromatic carbocycles. The first-order chi connectivity index (χ1) is 9.08. The van der Waals surface area contributed by atoms with Gasteiger partial charge in [0, 0.05) is 18.2 Å². The van der Waals surface area contributed by atoms with Crippen molar-refractivity contribution in [2.24, 2.45) is 11.7 Å². The van der Waals surface area contributed by atoms with Gasteiger partial charge in [0.1, 0.15) is 5.69 Å². The van der Waals surface area contributed by atoms with Crippen LogP contribution in [0.5, 0.6) is 0 Å². The van der Waals surface area contributed by atoms with Crippen molar-refractivity contribution < 1.29 is 9.72 Å². The van der Waals surface area contributed by atoms with Gasteiger partial charge < -0.3 is 11.1 Å². The van der Waals surface area contributed by atoms with Crippen LogP contribution < -0.4 is 11.1 Å². The first-order valence-corrected chi connectivity index (χ1v) is 7.13. The van der Waals surface area contributed by atoms with E-state index in [1.165, 1.54) is 12.1 Å². The summed E-state index contributed by atoms with van der Waals surface area (Å²) in [6.45, 7) is 0.712. The maximum absolute atomic E-state index is 11.0. The molecule has 1 unspecified atom stereocenters. The van der Waals surface area contributed by atoms with Crippen LogP contribution in [0.25, 0.3) is 0 Å². The Balaban J connectivity index is 2.14. The number of anilines is 1. The maximum Gasteiger partial charge on any atom is 0.293 e. The van der Waals surface area contributed by atoms with E-state index in [0.29, 0.717) is 18.2 Å². The van der Waals surface area contributed by atoms with Crippen LogP contribution >= 0.6 is 11.8 Å². The molecular formula is C12H15N3O3S. The summed E-state index contributed by atoms with van der Waals surface area (Å²) < 4.78 is 0. The van der Waals surface area contributed by atoms with Gasteiger partial charge in [-0.05, 0) is 36.0 Å². The van der Waals surface area contributed by atoms with Gasteiger partial charge in [-0.15, -0.1) is 0 Å². The lowest BCUT2D eigenvalue weighted by Crippen LogP contribution is -2.15. The van der Waals surface area contributed by atoms with Crippen LogP contribution in [0.2, 0.25) is 0 Å². The summed E-state index contributed by atoms with van der Waals surface area (Å²) in [6.07, 6.45) is 1.13. The Morgan fingerprint density at radius 3 is 2.95 bits per heavy atom. The molecule has 1 atom stereocenters. The Morgan fingerprint density at radius 1 is 1.58 bits per heavy atom. The number of thioether (sulfide) groups is 1.